The van der Waals surface area contributed by atoms with Gasteiger partial charge in [0.25, 0.3) is 0 Å². The average Bonchev–Trinajstić information content (AvgIpc) is 2.83. The molecule has 0 unspecified atom stereocenters. The van der Waals surface area contributed by atoms with Gasteiger partial charge in [-0.25, -0.2) is 0 Å². The molecule has 0 saturated carbocycles. The zero-order valence-electron chi connectivity index (χ0n) is 20.9. The number of nitrogens with zero attached hydrogens (tertiary/aromatic N) is 1. The maximum atomic E-state index is 5.91. The van der Waals surface area contributed by atoms with Crippen molar-refractivity contribution in [3.8, 4) is 5.75 Å². The van der Waals surface area contributed by atoms with Crippen molar-refractivity contribution in [3.05, 3.63) is 59.4 Å². The minimum absolute atomic E-state index is 0.835. The first-order valence-corrected chi connectivity index (χ1v) is 13.5. The third-order valence-corrected chi connectivity index (χ3v) is 6.31. The van der Waals surface area contributed by atoms with E-state index in [1.807, 2.05) is 0 Å². The Kier molecular flexibility index (Phi) is 14.6. The van der Waals surface area contributed by atoms with E-state index >= 15 is 0 Å². The summed E-state index contributed by atoms with van der Waals surface area (Å²) in [5, 5.41) is 0. The molecule has 178 valence electrons. The molecule has 1 heterocycles. The highest BCUT2D eigenvalue weighted by molar-refractivity contribution is 5.28. The van der Waals surface area contributed by atoms with Crippen LogP contribution < -0.4 is 4.74 Å². The molecule has 2 rings (SSSR count). The van der Waals surface area contributed by atoms with Crippen LogP contribution in [0.2, 0.25) is 0 Å². The fourth-order valence-electron chi connectivity index (χ4n) is 4.13. The van der Waals surface area contributed by atoms with Crippen molar-refractivity contribution in [2.45, 2.75) is 117 Å². The van der Waals surface area contributed by atoms with Crippen LogP contribution in [0.4, 0.5) is 0 Å². The largest absolute Gasteiger partial charge is 0.494 e. The lowest BCUT2D eigenvalue weighted by Crippen LogP contribution is -1.98. The molecule has 0 fully saturated rings. The van der Waals surface area contributed by atoms with E-state index in [1.165, 1.54) is 100 Å². The summed E-state index contributed by atoms with van der Waals surface area (Å²) in [4.78, 5) is 4.70. The molecule has 0 aliphatic rings. The normalized spacial score (nSPS) is 11.1. The van der Waals surface area contributed by atoms with Crippen molar-refractivity contribution in [1.29, 1.82) is 0 Å². The van der Waals surface area contributed by atoms with E-state index in [4.69, 9.17) is 9.72 Å². The summed E-state index contributed by atoms with van der Waals surface area (Å²) in [7, 11) is 0. The quantitative estimate of drug-likeness (QED) is 0.205. The molecule has 0 amide bonds. The standard InChI is InChI=1S/C30H47NO/c1-3-5-7-9-11-13-15-25-32-30-23-19-27(20-24-30)17-21-29-22-18-28(26-31-29)16-14-12-10-8-6-4-2/h18-20,22-24,26H,3-17,21,25H2,1-2H3. The van der Waals surface area contributed by atoms with Crippen molar-refractivity contribution in [3.63, 3.8) is 0 Å². The molecule has 32 heavy (non-hydrogen) atoms. The van der Waals surface area contributed by atoms with E-state index in [9.17, 15) is 0 Å². The maximum Gasteiger partial charge on any atom is 0.119 e. The van der Waals surface area contributed by atoms with Crippen molar-refractivity contribution < 1.29 is 4.74 Å². The molecule has 0 spiro atoms. The topological polar surface area (TPSA) is 22.1 Å². The van der Waals surface area contributed by atoms with E-state index in [0.29, 0.717) is 0 Å². The SMILES string of the molecule is CCCCCCCCCOc1ccc(CCc2ccc(CCCCCCCC)cn2)cc1. The summed E-state index contributed by atoms with van der Waals surface area (Å²) in [6, 6.07) is 13.1. The summed E-state index contributed by atoms with van der Waals surface area (Å²) in [6.45, 7) is 5.38. The van der Waals surface area contributed by atoms with E-state index in [-0.39, 0.29) is 0 Å². The Morgan fingerprint density at radius 1 is 0.562 bits per heavy atom. The summed E-state index contributed by atoms with van der Waals surface area (Å²) in [5.41, 5.74) is 3.92. The van der Waals surface area contributed by atoms with Crippen LogP contribution in [0.25, 0.3) is 0 Å². The predicted molar refractivity (Wildman–Crippen MR) is 139 cm³/mol. The van der Waals surface area contributed by atoms with Crippen LogP contribution in [0, 0.1) is 0 Å². The highest BCUT2D eigenvalue weighted by Gasteiger charge is 2.01. The molecule has 0 N–H and O–H groups in total. The number of aromatic nitrogens is 1. The van der Waals surface area contributed by atoms with Gasteiger partial charge in [-0.2, -0.15) is 0 Å². The van der Waals surface area contributed by atoms with Gasteiger partial charge in [0, 0.05) is 11.9 Å². The number of benzene rings is 1. The first-order valence-electron chi connectivity index (χ1n) is 13.5. The van der Waals surface area contributed by atoms with Crippen molar-refractivity contribution in [1.82, 2.24) is 4.98 Å². The Labute approximate surface area is 198 Å². The third kappa shape index (κ3) is 12.3. The van der Waals surface area contributed by atoms with E-state index < -0.39 is 0 Å². The van der Waals surface area contributed by atoms with Gasteiger partial charge in [0.05, 0.1) is 6.61 Å². The van der Waals surface area contributed by atoms with Gasteiger partial charge in [0.15, 0.2) is 0 Å². The van der Waals surface area contributed by atoms with Crippen LogP contribution >= 0.6 is 0 Å². The van der Waals surface area contributed by atoms with E-state index in [0.717, 1.165) is 31.6 Å². The first kappa shape index (κ1) is 26.4. The predicted octanol–water partition coefficient (Wildman–Crippen LogP) is 8.90. The van der Waals surface area contributed by atoms with Gasteiger partial charge in [-0.1, -0.05) is 103 Å². The number of hydrogen-bond acceptors (Lipinski definition) is 2. The second kappa shape index (κ2) is 17.7. The van der Waals surface area contributed by atoms with Gasteiger partial charge < -0.3 is 4.74 Å². The maximum absolute atomic E-state index is 5.91. The second-order valence-corrected chi connectivity index (χ2v) is 9.29. The molecule has 0 aliphatic carbocycles. The molecular formula is C30H47NO. The first-order chi connectivity index (χ1) is 15.8. The van der Waals surface area contributed by atoms with Gasteiger partial charge in [0.2, 0.25) is 0 Å². The zero-order valence-corrected chi connectivity index (χ0v) is 20.9. The molecule has 0 radical (unpaired) electrons. The average molecular weight is 438 g/mol. The van der Waals surface area contributed by atoms with Crippen LogP contribution in [0.5, 0.6) is 5.75 Å². The Balaban J connectivity index is 1.57. The summed E-state index contributed by atoms with van der Waals surface area (Å²) in [6.07, 6.45) is 22.6. The summed E-state index contributed by atoms with van der Waals surface area (Å²) in [5.74, 6) is 0.997. The smallest absolute Gasteiger partial charge is 0.119 e. The summed E-state index contributed by atoms with van der Waals surface area (Å²) >= 11 is 0. The number of pyridine rings is 1. The van der Waals surface area contributed by atoms with E-state index in [2.05, 4.69) is 56.4 Å². The number of aryl methyl sites for hydroxylation is 3. The lowest BCUT2D eigenvalue weighted by molar-refractivity contribution is 0.304. The lowest BCUT2D eigenvalue weighted by Gasteiger charge is -2.08. The lowest BCUT2D eigenvalue weighted by atomic mass is 10.0. The fourth-order valence-corrected chi connectivity index (χ4v) is 4.13. The van der Waals surface area contributed by atoms with Crippen LogP contribution in [0.1, 0.15) is 114 Å². The zero-order chi connectivity index (χ0) is 22.7. The third-order valence-electron chi connectivity index (χ3n) is 6.31. The molecular weight excluding hydrogens is 390 g/mol. The molecule has 2 heteroatoms. The van der Waals surface area contributed by atoms with Crippen molar-refractivity contribution in [2.75, 3.05) is 6.61 Å². The number of rotatable bonds is 19. The minimum Gasteiger partial charge on any atom is -0.494 e. The highest BCUT2D eigenvalue weighted by Crippen LogP contribution is 2.16. The van der Waals surface area contributed by atoms with E-state index in [1.54, 1.807) is 0 Å². The molecule has 0 saturated heterocycles. The molecule has 2 nitrogen and oxygen atoms in total. The number of ether oxygens (including phenoxy) is 1. The van der Waals surface area contributed by atoms with Crippen LogP contribution in [0.15, 0.2) is 42.6 Å². The van der Waals surface area contributed by atoms with Gasteiger partial charge >= 0.3 is 0 Å². The molecule has 1 aromatic heterocycles. The second-order valence-electron chi connectivity index (χ2n) is 9.29. The molecule has 1 aromatic carbocycles. The van der Waals surface area contributed by atoms with Crippen LogP contribution in [0.3, 0.4) is 0 Å². The number of hydrogen-bond donors (Lipinski definition) is 0. The fraction of sp³-hybridized carbons (Fsp3) is 0.633. The minimum atomic E-state index is 0.835. The van der Waals surface area contributed by atoms with Gasteiger partial charge in [0.1, 0.15) is 5.75 Å². The molecule has 2 aromatic rings. The Morgan fingerprint density at radius 3 is 1.78 bits per heavy atom. The van der Waals surface area contributed by atoms with Crippen molar-refractivity contribution in [2.24, 2.45) is 0 Å². The highest BCUT2D eigenvalue weighted by atomic mass is 16.5. The van der Waals surface area contributed by atoms with Gasteiger partial charge in [-0.15, -0.1) is 0 Å². The van der Waals surface area contributed by atoms with Gasteiger partial charge in [-0.05, 0) is 61.4 Å². The number of unbranched alkanes of at least 4 members (excludes halogenated alkanes) is 11. The van der Waals surface area contributed by atoms with Gasteiger partial charge in [-0.3, -0.25) is 4.98 Å². The Bertz CT molecular complexity index is 677. The van der Waals surface area contributed by atoms with Crippen LogP contribution in [-0.4, -0.2) is 11.6 Å². The molecule has 0 atom stereocenters. The van der Waals surface area contributed by atoms with Crippen molar-refractivity contribution >= 4 is 0 Å². The molecule has 0 aliphatic heterocycles. The Hall–Kier alpha value is -1.83. The van der Waals surface area contributed by atoms with Crippen LogP contribution in [-0.2, 0) is 19.3 Å². The molecule has 0 bridgehead atoms. The monoisotopic (exact) mass is 437 g/mol. The Morgan fingerprint density at radius 2 is 1.16 bits per heavy atom. The summed E-state index contributed by atoms with van der Waals surface area (Å²) < 4.78 is 5.91.